The van der Waals surface area contributed by atoms with Crippen LogP contribution in [0.25, 0.3) is 0 Å². The molecule has 0 bridgehead atoms. The van der Waals surface area contributed by atoms with Gasteiger partial charge in [0.1, 0.15) is 5.82 Å². The zero-order valence-electron chi connectivity index (χ0n) is 15.0. The van der Waals surface area contributed by atoms with E-state index < -0.39 is 0 Å². The maximum absolute atomic E-state index is 14.7. The van der Waals surface area contributed by atoms with E-state index in [1.807, 2.05) is 18.2 Å². The summed E-state index contributed by atoms with van der Waals surface area (Å²) in [7, 11) is 0. The molecule has 0 amide bonds. The van der Waals surface area contributed by atoms with Crippen molar-refractivity contribution >= 4 is 11.4 Å². The van der Waals surface area contributed by atoms with Gasteiger partial charge in [0.05, 0.1) is 5.71 Å². The number of benzene rings is 1. The van der Waals surface area contributed by atoms with Gasteiger partial charge >= 0.3 is 0 Å². The number of rotatable bonds is 4. The van der Waals surface area contributed by atoms with Crippen LogP contribution in [-0.2, 0) is 5.41 Å². The third kappa shape index (κ3) is 3.63. The Hall–Kier alpha value is -2.66. The standard InChI is InChI=1S/C21H25FN4/c1-14(23)17-6-3-5-15(20(17)24)12-26-16-7-8-18(19(22)11-16)21(2)9-4-10-25-13-21/h3,5-8,11-12,24-26H,1,4,9-10,13,23H2,2H3/b15-12-,24-20?. The van der Waals surface area contributed by atoms with Crippen LogP contribution in [0.2, 0.25) is 0 Å². The second kappa shape index (κ2) is 7.30. The Balaban J connectivity index is 1.77. The van der Waals surface area contributed by atoms with Gasteiger partial charge in [0.25, 0.3) is 0 Å². The van der Waals surface area contributed by atoms with Crippen molar-refractivity contribution in [2.24, 2.45) is 5.73 Å². The quantitative estimate of drug-likeness (QED) is 0.667. The number of anilines is 1. The normalized spacial score (nSPS) is 24.5. The van der Waals surface area contributed by atoms with E-state index in [0.29, 0.717) is 28.2 Å². The molecule has 0 radical (unpaired) electrons. The molecule has 0 saturated carbocycles. The largest absolute Gasteiger partial charge is 0.399 e. The van der Waals surface area contributed by atoms with Crippen molar-refractivity contribution in [2.75, 3.05) is 18.4 Å². The van der Waals surface area contributed by atoms with Gasteiger partial charge < -0.3 is 16.4 Å². The molecule has 1 heterocycles. The topological polar surface area (TPSA) is 73.9 Å². The number of piperidine rings is 1. The van der Waals surface area contributed by atoms with Crippen molar-refractivity contribution < 1.29 is 4.39 Å². The molecular formula is C21H25FN4. The lowest BCUT2D eigenvalue weighted by atomic mass is 9.76. The van der Waals surface area contributed by atoms with Crippen LogP contribution < -0.4 is 16.4 Å². The Morgan fingerprint density at radius 2 is 2.27 bits per heavy atom. The molecule has 1 aromatic carbocycles. The fourth-order valence-electron chi connectivity index (χ4n) is 3.50. The lowest BCUT2D eigenvalue weighted by Gasteiger charge is -2.35. The lowest BCUT2D eigenvalue weighted by Crippen LogP contribution is -2.41. The number of allylic oxidation sites excluding steroid dienone is 5. The Morgan fingerprint density at radius 1 is 1.46 bits per heavy atom. The Morgan fingerprint density at radius 3 is 2.92 bits per heavy atom. The minimum absolute atomic E-state index is 0.172. The summed E-state index contributed by atoms with van der Waals surface area (Å²) in [6.07, 6.45) is 9.11. The second-order valence-electron chi connectivity index (χ2n) is 7.12. The average Bonchev–Trinajstić information content (AvgIpc) is 2.61. The van der Waals surface area contributed by atoms with E-state index in [1.54, 1.807) is 18.4 Å². The van der Waals surface area contributed by atoms with Crippen molar-refractivity contribution in [1.82, 2.24) is 5.32 Å². The van der Waals surface area contributed by atoms with Crippen LogP contribution in [0.5, 0.6) is 0 Å². The molecule has 1 aliphatic heterocycles. The molecule has 1 atom stereocenters. The summed E-state index contributed by atoms with van der Waals surface area (Å²) < 4.78 is 14.7. The summed E-state index contributed by atoms with van der Waals surface area (Å²) in [6.45, 7) is 7.58. The molecular weight excluding hydrogens is 327 g/mol. The summed E-state index contributed by atoms with van der Waals surface area (Å²) in [4.78, 5) is 0. The van der Waals surface area contributed by atoms with E-state index in [4.69, 9.17) is 11.1 Å². The highest BCUT2D eigenvalue weighted by molar-refractivity contribution is 6.15. The van der Waals surface area contributed by atoms with Gasteiger partial charge in [-0.3, -0.25) is 5.41 Å². The van der Waals surface area contributed by atoms with Crippen molar-refractivity contribution in [3.63, 3.8) is 0 Å². The fourth-order valence-corrected chi connectivity index (χ4v) is 3.50. The minimum Gasteiger partial charge on any atom is -0.399 e. The molecule has 1 fully saturated rings. The van der Waals surface area contributed by atoms with Crippen LogP contribution in [0.3, 0.4) is 0 Å². The molecule has 0 spiro atoms. The number of halogens is 1. The lowest BCUT2D eigenvalue weighted by molar-refractivity contribution is 0.329. The van der Waals surface area contributed by atoms with E-state index in [1.165, 1.54) is 6.07 Å². The maximum atomic E-state index is 14.7. The predicted octanol–water partition coefficient (Wildman–Crippen LogP) is 3.75. The average molecular weight is 352 g/mol. The summed E-state index contributed by atoms with van der Waals surface area (Å²) in [5, 5.41) is 14.6. The number of hydrogen-bond donors (Lipinski definition) is 4. The molecule has 3 rings (SSSR count). The Kier molecular flexibility index (Phi) is 5.09. The number of nitrogens with two attached hydrogens (primary N) is 1. The monoisotopic (exact) mass is 352 g/mol. The highest BCUT2D eigenvalue weighted by Gasteiger charge is 2.31. The highest BCUT2D eigenvalue weighted by Crippen LogP contribution is 2.33. The molecule has 5 N–H and O–H groups in total. The van der Waals surface area contributed by atoms with Crippen LogP contribution in [0.15, 0.2) is 66.0 Å². The van der Waals surface area contributed by atoms with Gasteiger partial charge in [-0.15, -0.1) is 0 Å². The Labute approximate surface area is 153 Å². The molecule has 0 aromatic heterocycles. The van der Waals surface area contributed by atoms with Gasteiger partial charge in [-0.25, -0.2) is 4.39 Å². The molecule has 1 aliphatic carbocycles. The van der Waals surface area contributed by atoms with E-state index >= 15 is 0 Å². The summed E-state index contributed by atoms with van der Waals surface area (Å²) in [5.74, 6) is -0.204. The van der Waals surface area contributed by atoms with Gasteiger partial charge in [0, 0.05) is 40.7 Å². The van der Waals surface area contributed by atoms with Crippen LogP contribution in [0.1, 0.15) is 25.3 Å². The number of hydrogen-bond acceptors (Lipinski definition) is 4. The number of nitrogens with one attached hydrogen (secondary N) is 3. The van der Waals surface area contributed by atoms with Gasteiger partial charge in [-0.05, 0) is 37.1 Å². The Bertz CT molecular complexity index is 826. The first-order valence-corrected chi connectivity index (χ1v) is 8.80. The molecule has 2 aliphatic rings. The van der Waals surface area contributed by atoms with Gasteiger partial charge in [0.2, 0.25) is 0 Å². The molecule has 5 heteroatoms. The zero-order chi connectivity index (χ0) is 18.7. The van der Waals surface area contributed by atoms with E-state index in [2.05, 4.69) is 24.1 Å². The fraction of sp³-hybridized carbons (Fsp3) is 0.286. The van der Waals surface area contributed by atoms with Crippen LogP contribution in [-0.4, -0.2) is 18.8 Å². The van der Waals surface area contributed by atoms with Crippen molar-refractivity contribution in [1.29, 1.82) is 5.41 Å². The minimum atomic E-state index is -0.204. The van der Waals surface area contributed by atoms with Crippen molar-refractivity contribution in [3.05, 3.63) is 77.4 Å². The highest BCUT2D eigenvalue weighted by atomic mass is 19.1. The van der Waals surface area contributed by atoms with Gasteiger partial charge in [0.15, 0.2) is 0 Å². The maximum Gasteiger partial charge on any atom is 0.129 e. The smallest absolute Gasteiger partial charge is 0.129 e. The first-order chi connectivity index (χ1) is 12.4. The van der Waals surface area contributed by atoms with E-state index in [9.17, 15) is 4.39 Å². The predicted molar refractivity (Wildman–Crippen MR) is 106 cm³/mol. The third-order valence-corrected chi connectivity index (χ3v) is 5.05. The van der Waals surface area contributed by atoms with Crippen LogP contribution >= 0.6 is 0 Å². The SMILES string of the molecule is C=C(N)C1=CC=C/C(=C/Nc2ccc(C3(C)CCCNC3)c(F)c2)C1=N. The first-order valence-electron chi connectivity index (χ1n) is 8.80. The zero-order valence-corrected chi connectivity index (χ0v) is 15.0. The molecule has 1 aromatic rings. The van der Waals surface area contributed by atoms with E-state index in [0.717, 1.165) is 31.5 Å². The van der Waals surface area contributed by atoms with E-state index in [-0.39, 0.29) is 11.2 Å². The summed E-state index contributed by atoms with van der Waals surface area (Å²) in [5.41, 5.74) is 8.85. The molecule has 1 saturated heterocycles. The first kappa shape index (κ1) is 18.1. The van der Waals surface area contributed by atoms with Crippen molar-refractivity contribution in [2.45, 2.75) is 25.2 Å². The molecule has 1 unspecified atom stereocenters. The summed E-state index contributed by atoms with van der Waals surface area (Å²) in [6, 6.07) is 5.25. The van der Waals surface area contributed by atoms with Crippen LogP contribution in [0.4, 0.5) is 10.1 Å². The molecule has 26 heavy (non-hydrogen) atoms. The third-order valence-electron chi connectivity index (χ3n) is 5.05. The van der Waals surface area contributed by atoms with Crippen molar-refractivity contribution in [3.8, 4) is 0 Å². The molecule has 136 valence electrons. The molecule has 4 nitrogen and oxygen atoms in total. The summed E-state index contributed by atoms with van der Waals surface area (Å²) >= 11 is 0. The van der Waals surface area contributed by atoms with Gasteiger partial charge in [-0.1, -0.05) is 37.8 Å². The van der Waals surface area contributed by atoms with Crippen LogP contribution in [0, 0.1) is 11.2 Å². The van der Waals surface area contributed by atoms with Gasteiger partial charge in [-0.2, -0.15) is 0 Å². The second-order valence-corrected chi connectivity index (χ2v) is 7.12.